The van der Waals surface area contributed by atoms with E-state index < -0.39 is 25.8 Å². The number of amides is 8. The number of rotatable bonds is 18. The molecule has 4 aromatic heterocycles. The quantitative estimate of drug-likeness (QED) is 0.0225. The number of para-hydroxylation sites is 2. The summed E-state index contributed by atoms with van der Waals surface area (Å²) in [6.07, 6.45) is 23.6. The van der Waals surface area contributed by atoms with Crippen molar-refractivity contribution in [2.75, 3.05) is 94.7 Å². The molecule has 98 heavy (non-hydrogen) atoms. The van der Waals surface area contributed by atoms with E-state index in [4.69, 9.17) is 58.2 Å². The number of aryl methyl sites for hydroxylation is 2. The standard InChI is InChI=1S/C24H29N9O3.C16H16ClN7O2.C8H15ClN2O.C8H14N2O.C5H11N.C3H4ClNO.Na.H/c1-25-23(34)20-18(27-17-10-6-9-16(21(17)36-3)22-26-14-31(2)30-22)13-19(28-29-20)33-12-11-32(24(33)35)15-7-4-5-8-15;1-18-16(25)13-11(7-12(17)21-22-13)20-10-6-4-5-9(14(10)26-3)15-19-8-24(2)23-15;9-5-6-10-8(12)11-7-3-1-2-4-7;11-8-9-5-6-10(8)7-3-1-2-4-7;6-5-3-1-2-4-5;4-1-2-5-3-6;;/h6,9-10,13-15H,4-5,7-8,11-12H2,1-3H3,(H,25,34)(H,27,28);4-8H,1-3H3,(H,18,25)(H,20,21);7H,1-6H2,(H2,10,11,12);7H,1-6H2,(H,9,11);5H,1-4,6H2;1-2H2;;/q;;;;;;+1;-1/i2*1D3;;;;;;. The minimum absolute atomic E-state index is 0. The molecule has 2 aliphatic heterocycles. The van der Waals surface area contributed by atoms with Crippen molar-refractivity contribution in [3.8, 4) is 34.3 Å². The number of urea groups is 3. The van der Waals surface area contributed by atoms with Crippen molar-refractivity contribution in [2.45, 2.75) is 127 Å². The Hall–Kier alpha value is -7.96. The molecule has 0 unspecified atom stereocenters. The van der Waals surface area contributed by atoms with E-state index in [2.05, 4.69) is 72.1 Å². The molecule has 0 atom stereocenters. The Morgan fingerprint density at radius 3 is 1.67 bits per heavy atom. The number of aliphatic imine (C=N–C) groups is 1. The Bertz CT molecular complexity index is 3820. The fourth-order valence-electron chi connectivity index (χ4n) is 11.7. The summed E-state index contributed by atoms with van der Waals surface area (Å²) in [5.41, 5.74) is 7.46. The van der Waals surface area contributed by atoms with Gasteiger partial charge < -0.3 is 63.7 Å². The second-order valence-corrected chi connectivity index (χ2v) is 24.2. The number of ether oxygens (including phenoxy) is 2. The number of nitrogens with two attached hydrogens (primary N) is 1. The molecular formula is C64H90Cl3N22NaO8. The zero-order valence-electron chi connectivity index (χ0n) is 62.8. The molecule has 4 saturated carbocycles. The summed E-state index contributed by atoms with van der Waals surface area (Å²) >= 11 is 16.4. The first-order chi connectivity index (χ1) is 49.3. The van der Waals surface area contributed by atoms with E-state index in [0.717, 1.165) is 51.6 Å². The van der Waals surface area contributed by atoms with Crippen LogP contribution < -0.4 is 86.9 Å². The number of nitrogens with one attached hydrogen (secondary N) is 7. The van der Waals surface area contributed by atoms with Crippen molar-refractivity contribution in [1.29, 1.82) is 0 Å². The average molecular weight is 1430 g/mol. The van der Waals surface area contributed by atoms with Gasteiger partial charge in [-0.05, 0) is 75.6 Å². The number of halogens is 3. The Balaban J connectivity index is 0.000000259. The summed E-state index contributed by atoms with van der Waals surface area (Å²) in [4.78, 5) is 87.0. The molecule has 34 heteroatoms. The molecule has 2 aromatic carbocycles. The maximum absolute atomic E-state index is 13.2. The number of benzene rings is 2. The van der Waals surface area contributed by atoms with Crippen LogP contribution in [0.4, 0.5) is 43.0 Å². The maximum Gasteiger partial charge on any atom is 1.00 e. The molecule has 12 rings (SSSR count). The first kappa shape index (κ1) is 69.9. The predicted molar refractivity (Wildman–Crippen MR) is 373 cm³/mol. The number of carbonyl (C=O) groups is 5. The number of alkyl halides is 2. The topological polar surface area (TPSA) is 366 Å². The minimum Gasteiger partial charge on any atom is -1.00 e. The summed E-state index contributed by atoms with van der Waals surface area (Å²) in [6.45, 7) is -1.73. The van der Waals surface area contributed by atoms with E-state index in [-0.39, 0.29) is 88.9 Å². The van der Waals surface area contributed by atoms with Crippen LogP contribution in [0.2, 0.25) is 5.15 Å². The van der Waals surface area contributed by atoms with Crippen molar-refractivity contribution in [3.05, 3.63) is 77.7 Å². The molecule has 4 aliphatic carbocycles. The van der Waals surface area contributed by atoms with Gasteiger partial charge in [0.05, 0.1) is 54.6 Å². The molecule has 526 valence electrons. The van der Waals surface area contributed by atoms with Gasteiger partial charge in [0.15, 0.2) is 45.5 Å². The Morgan fingerprint density at radius 2 is 1.22 bits per heavy atom. The molecule has 0 spiro atoms. The summed E-state index contributed by atoms with van der Waals surface area (Å²) in [5.74, 6) is 0.919. The number of hydrogen-bond acceptors (Lipinski definition) is 20. The van der Waals surface area contributed by atoms with Gasteiger partial charge >= 0.3 is 47.7 Å². The van der Waals surface area contributed by atoms with Crippen molar-refractivity contribution < 1.29 is 77.4 Å². The Labute approximate surface area is 618 Å². The van der Waals surface area contributed by atoms with E-state index in [0.29, 0.717) is 102 Å². The van der Waals surface area contributed by atoms with Gasteiger partial charge in [-0.25, -0.2) is 34.1 Å². The van der Waals surface area contributed by atoms with Crippen molar-refractivity contribution in [2.24, 2.45) is 24.8 Å². The van der Waals surface area contributed by atoms with Crippen molar-refractivity contribution >= 4 is 99.4 Å². The molecule has 0 radical (unpaired) electrons. The number of hydrogen-bond donors (Lipinski definition) is 8. The van der Waals surface area contributed by atoms with E-state index in [9.17, 15) is 28.8 Å². The van der Waals surface area contributed by atoms with Crippen LogP contribution in [-0.4, -0.2) is 199 Å². The van der Waals surface area contributed by atoms with Gasteiger partial charge in [0.25, 0.3) is 11.8 Å². The van der Waals surface area contributed by atoms with Gasteiger partial charge in [-0.2, -0.15) is 10.2 Å². The third-order valence-corrected chi connectivity index (χ3v) is 16.9. The van der Waals surface area contributed by atoms with Gasteiger partial charge in [0.2, 0.25) is 6.08 Å². The molecule has 9 N–H and O–H groups in total. The molecule has 6 aromatic rings. The summed E-state index contributed by atoms with van der Waals surface area (Å²) < 4.78 is 58.2. The van der Waals surface area contributed by atoms with E-state index in [1.54, 1.807) is 72.5 Å². The van der Waals surface area contributed by atoms with Crippen molar-refractivity contribution in [1.82, 2.24) is 86.3 Å². The van der Waals surface area contributed by atoms with Crippen LogP contribution in [-0.2, 0) is 18.9 Å². The Morgan fingerprint density at radius 1 is 0.704 bits per heavy atom. The molecule has 6 fully saturated rings. The second kappa shape index (κ2) is 41.4. The molecule has 0 bridgehead atoms. The summed E-state index contributed by atoms with van der Waals surface area (Å²) in [6, 6.07) is 15.0. The first-order valence-corrected chi connectivity index (χ1v) is 33.5. The summed E-state index contributed by atoms with van der Waals surface area (Å²) in [7, 11) is 6.46. The zero-order valence-corrected chi connectivity index (χ0v) is 60.1. The SMILES string of the molecule is NC1CCCC1.O=C(NCCCl)NC1CCCC1.O=C1NCCN1C1CCCC1.O=C=NCCCl.[2H]C([2H])([2H])NC(=O)c1nnc(Cl)cc1Nc1cccc(-c2ncn(C)n2)c1OC.[2H]C([2H])([2H])NC(=O)c1nnc(N2CCN(C3CCCC3)C2=O)cc1Nc1cccc(-c2ncn(C)n2)c1OC.[H-].[Na+]. The maximum atomic E-state index is 13.2. The van der Waals surface area contributed by atoms with Gasteiger partial charge in [-0.15, -0.1) is 43.6 Å². The third-order valence-electron chi connectivity index (χ3n) is 16.3. The molecule has 6 aliphatic rings. The summed E-state index contributed by atoms with van der Waals surface area (Å²) in [5, 5.41) is 42.5. The van der Waals surface area contributed by atoms with Crippen LogP contribution in [0.5, 0.6) is 11.5 Å². The minimum atomic E-state index is -2.73. The van der Waals surface area contributed by atoms with Gasteiger partial charge in [0, 0.05) is 117 Å². The number of aromatic nitrogens is 10. The van der Waals surface area contributed by atoms with Crippen LogP contribution >= 0.6 is 34.8 Å². The predicted octanol–water partition coefficient (Wildman–Crippen LogP) is 5.59. The second-order valence-electron chi connectivity index (χ2n) is 23.0. The fourth-order valence-corrected chi connectivity index (χ4v) is 12.0. The molecule has 6 heterocycles. The molecule has 2 saturated heterocycles. The number of nitrogens with zero attached hydrogens (tertiary/aromatic N) is 14. The number of anilines is 5. The largest absolute Gasteiger partial charge is 1.00 e. The monoisotopic (exact) mass is 1430 g/mol. The van der Waals surface area contributed by atoms with Crippen LogP contribution in [0.1, 0.15) is 133 Å². The third kappa shape index (κ3) is 23.1. The van der Waals surface area contributed by atoms with E-state index >= 15 is 0 Å². The van der Waals surface area contributed by atoms with Crippen molar-refractivity contribution in [3.63, 3.8) is 0 Å². The number of isocyanates is 1. The smallest absolute Gasteiger partial charge is 1.00 e. The van der Waals surface area contributed by atoms with Crippen LogP contribution in [0.15, 0.2) is 66.2 Å². The zero-order chi connectivity index (χ0) is 74.6. The van der Waals surface area contributed by atoms with Crippen LogP contribution in [0.25, 0.3) is 22.8 Å². The van der Waals surface area contributed by atoms with Gasteiger partial charge in [-0.3, -0.25) is 23.9 Å². The average Bonchev–Trinajstić information content (AvgIpc) is 1.78. The van der Waals surface area contributed by atoms with E-state index in [1.165, 1.54) is 102 Å². The molecule has 30 nitrogen and oxygen atoms in total. The van der Waals surface area contributed by atoms with Gasteiger partial charge in [0.1, 0.15) is 12.7 Å². The normalized spacial score (nSPS) is 16.9. The Kier molecular flexibility index (Phi) is 29.6. The fraction of sp³-hybridized carbons (Fsp3) is 0.531. The van der Waals surface area contributed by atoms with E-state index in [1.807, 2.05) is 20.4 Å². The van der Waals surface area contributed by atoms with Crippen LogP contribution in [0, 0.1) is 0 Å². The molecule has 8 amide bonds. The first-order valence-electron chi connectivity index (χ1n) is 35.1. The van der Waals surface area contributed by atoms with Gasteiger partial charge in [-0.1, -0.05) is 75.1 Å². The molecular weight excluding hydrogens is 1330 g/mol. The van der Waals surface area contributed by atoms with Crippen LogP contribution in [0.3, 0.4) is 0 Å². The number of methoxy groups -OCH3 is 2. The number of carbonyl (C=O) groups excluding carboxylic acids is 6.